The summed E-state index contributed by atoms with van der Waals surface area (Å²) >= 11 is 0. The number of dihydropyridines is 1. The Kier molecular flexibility index (Phi) is 6.95. The van der Waals surface area contributed by atoms with E-state index < -0.39 is 28.6 Å². The topological polar surface area (TPSA) is 126 Å². The van der Waals surface area contributed by atoms with E-state index in [1.165, 1.54) is 18.2 Å². The number of ether oxygens (including phenoxy) is 4. The quantitative estimate of drug-likeness (QED) is 0.382. The molecule has 0 radical (unpaired) electrons. The summed E-state index contributed by atoms with van der Waals surface area (Å²) in [5.41, 5.74) is 1.53. The number of nitro benzene ring substituents is 1. The maximum atomic E-state index is 13.2. The van der Waals surface area contributed by atoms with Gasteiger partial charge in [-0.25, -0.2) is 9.59 Å². The molecule has 1 unspecified atom stereocenters. The first-order chi connectivity index (χ1) is 15.2. The normalized spacial score (nSPS) is 20.1. The first-order valence-electron chi connectivity index (χ1n) is 10.2. The Morgan fingerprint density at radius 1 is 1.16 bits per heavy atom. The Balaban J connectivity index is 2.03. The fraction of sp³-hybridized carbons (Fsp3) is 0.455. The number of carbonyl (C=O) groups is 2. The van der Waals surface area contributed by atoms with Crippen molar-refractivity contribution in [2.24, 2.45) is 0 Å². The summed E-state index contributed by atoms with van der Waals surface area (Å²) in [5, 5.41) is 14.4. The fourth-order valence-corrected chi connectivity index (χ4v) is 3.81. The predicted octanol–water partition coefficient (Wildman–Crippen LogP) is 2.70. The Bertz CT molecular complexity index is 991. The number of allylic oxidation sites excluding steroid dienone is 2. The Morgan fingerprint density at radius 3 is 2.31 bits per heavy atom. The van der Waals surface area contributed by atoms with Gasteiger partial charge in [0.1, 0.15) is 6.61 Å². The van der Waals surface area contributed by atoms with Gasteiger partial charge < -0.3 is 24.3 Å². The molecule has 0 aliphatic carbocycles. The van der Waals surface area contributed by atoms with E-state index in [9.17, 15) is 19.7 Å². The van der Waals surface area contributed by atoms with Crippen LogP contribution < -0.4 is 5.32 Å². The molecule has 0 amide bonds. The summed E-state index contributed by atoms with van der Waals surface area (Å²) < 4.78 is 21.7. The largest absolute Gasteiger partial charge is 0.463 e. The van der Waals surface area contributed by atoms with Crippen LogP contribution in [-0.4, -0.2) is 49.1 Å². The Hall–Kier alpha value is -3.24. The van der Waals surface area contributed by atoms with Gasteiger partial charge in [0, 0.05) is 23.5 Å². The number of non-ortho nitro benzene ring substituents is 1. The molecular formula is C22H26N2O8. The monoisotopic (exact) mass is 446 g/mol. The molecule has 0 spiro atoms. The molecule has 2 heterocycles. The van der Waals surface area contributed by atoms with E-state index in [4.69, 9.17) is 18.9 Å². The number of nitro groups is 1. The van der Waals surface area contributed by atoms with Crippen molar-refractivity contribution in [1.29, 1.82) is 0 Å². The number of nitrogens with zero attached hydrogens (tertiary/aromatic N) is 1. The van der Waals surface area contributed by atoms with Gasteiger partial charge in [-0.05, 0) is 33.3 Å². The molecule has 1 aromatic rings. The summed E-state index contributed by atoms with van der Waals surface area (Å²) in [5.74, 6) is -3.29. The first kappa shape index (κ1) is 23.4. The van der Waals surface area contributed by atoms with Crippen LogP contribution in [0.4, 0.5) is 5.69 Å². The number of esters is 2. The van der Waals surface area contributed by atoms with Gasteiger partial charge in [-0.1, -0.05) is 12.1 Å². The number of carbonyl (C=O) groups excluding carboxylic acids is 2. The molecule has 1 atom stereocenters. The van der Waals surface area contributed by atoms with Gasteiger partial charge >= 0.3 is 11.9 Å². The van der Waals surface area contributed by atoms with Crippen molar-refractivity contribution in [3.05, 3.63) is 62.5 Å². The zero-order chi connectivity index (χ0) is 23.5. The van der Waals surface area contributed by atoms with Crippen molar-refractivity contribution in [2.45, 2.75) is 39.4 Å². The molecule has 2 aliphatic rings. The molecule has 0 aromatic heterocycles. The van der Waals surface area contributed by atoms with Crippen molar-refractivity contribution in [2.75, 3.05) is 26.4 Å². The minimum atomic E-state index is -1.05. The van der Waals surface area contributed by atoms with Gasteiger partial charge in [0.2, 0.25) is 0 Å². The number of hydrogen-bond donors (Lipinski definition) is 1. The predicted molar refractivity (Wildman–Crippen MR) is 112 cm³/mol. The molecule has 3 rings (SSSR count). The van der Waals surface area contributed by atoms with E-state index in [-0.39, 0.29) is 30.0 Å². The first-order valence-corrected chi connectivity index (χ1v) is 10.2. The lowest BCUT2D eigenvalue weighted by Gasteiger charge is -2.31. The smallest absolute Gasteiger partial charge is 0.336 e. The molecule has 1 saturated heterocycles. The van der Waals surface area contributed by atoms with Gasteiger partial charge in [0.05, 0.1) is 41.8 Å². The summed E-state index contributed by atoms with van der Waals surface area (Å²) in [6.07, 6.45) is 0. The second kappa shape index (κ2) is 9.49. The number of nitrogens with one attached hydrogen (secondary N) is 1. The van der Waals surface area contributed by atoms with Crippen LogP contribution in [0, 0.1) is 10.1 Å². The van der Waals surface area contributed by atoms with E-state index in [0.717, 1.165) is 0 Å². The maximum absolute atomic E-state index is 13.2. The Morgan fingerprint density at radius 2 is 1.75 bits per heavy atom. The highest BCUT2D eigenvalue weighted by atomic mass is 16.8. The number of benzene rings is 1. The lowest BCUT2D eigenvalue weighted by atomic mass is 9.80. The van der Waals surface area contributed by atoms with Gasteiger partial charge in [0.15, 0.2) is 5.79 Å². The van der Waals surface area contributed by atoms with E-state index >= 15 is 0 Å². The highest BCUT2D eigenvalue weighted by Crippen LogP contribution is 2.40. The molecule has 10 heteroatoms. The third kappa shape index (κ3) is 4.81. The van der Waals surface area contributed by atoms with Crippen molar-refractivity contribution < 1.29 is 33.5 Å². The molecular weight excluding hydrogens is 420 g/mol. The van der Waals surface area contributed by atoms with Crippen LogP contribution in [0.3, 0.4) is 0 Å². The summed E-state index contributed by atoms with van der Waals surface area (Å²) in [6.45, 7) is 7.46. The zero-order valence-corrected chi connectivity index (χ0v) is 18.4. The second-order valence-electron chi connectivity index (χ2n) is 7.61. The van der Waals surface area contributed by atoms with Crippen LogP contribution in [0.1, 0.15) is 39.2 Å². The molecule has 1 N–H and O–H groups in total. The third-order valence-electron chi connectivity index (χ3n) is 5.25. The summed E-state index contributed by atoms with van der Waals surface area (Å²) in [7, 11) is 0. The van der Waals surface area contributed by atoms with E-state index in [2.05, 4.69) is 5.32 Å². The molecule has 10 nitrogen and oxygen atoms in total. The van der Waals surface area contributed by atoms with Crippen molar-refractivity contribution >= 4 is 17.6 Å². The summed E-state index contributed by atoms with van der Waals surface area (Å²) in [4.78, 5) is 36.8. The SMILES string of the molecule is CCOC(=O)C1=C(C)NC(C)=C(C(=O)OCC2(C)OCCO2)C1c1cccc([N+](=O)[O-])c1. The van der Waals surface area contributed by atoms with E-state index in [1.54, 1.807) is 33.8 Å². The van der Waals surface area contributed by atoms with E-state index in [0.29, 0.717) is 30.2 Å². The van der Waals surface area contributed by atoms with Gasteiger partial charge in [-0.15, -0.1) is 0 Å². The lowest BCUT2D eigenvalue weighted by molar-refractivity contribution is -0.384. The number of hydrogen-bond acceptors (Lipinski definition) is 9. The molecule has 1 aromatic carbocycles. The lowest BCUT2D eigenvalue weighted by Crippen LogP contribution is -2.36. The van der Waals surface area contributed by atoms with Crippen molar-refractivity contribution in [3.8, 4) is 0 Å². The highest BCUT2D eigenvalue weighted by Gasteiger charge is 2.40. The highest BCUT2D eigenvalue weighted by molar-refractivity contribution is 6.00. The van der Waals surface area contributed by atoms with Crippen LogP contribution in [-0.2, 0) is 28.5 Å². The van der Waals surface area contributed by atoms with Crippen LogP contribution in [0.5, 0.6) is 0 Å². The van der Waals surface area contributed by atoms with Crippen LogP contribution >= 0.6 is 0 Å². The van der Waals surface area contributed by atoms with Gasteiger partial charge in [0.25, 0.3) is 5.69 Å². The third-order valence-corrected chi connectivity index (χ3v) is 5.25. The van der Waals surface area contributed by atoms with Crippen LogP contribution in [0.25, 0.3) is 0 Å². The van der Waals surface area contributed by atoms with Gasteiger partial charge in [-0.3, -0.25) is 10.1 Å². The minimum absolute atomic E-state index is 0.132. The number of rotatable bonds is 7. The van der Waals surface area contributed by atoms with E-state index in [1.807, 2.05) is 0 Å². The molecule has 32 heavy (non-hydrogen) atoms. The average molecular weight is 446 g/mol. The standard InChI is InChI=1S/C22H26N2O8/c1-5-29-20(25)17-13(2)23-14(3)18(21(26)30-12-22(4)31-9-10-32-22)19(17)15-7-6-8-16(11-15)24(27)28/h6-8,11,19,23H,5,9-10,12H2,1-4H3. The molecule has 172 valence electrons. The molecule has 0 saturated carbocycles. The summed E-state index contributed by atoms with van der Waals surface area (Å²) in [6, 6.07) is 5.82. The maximum Gasteiger partial charge on any atom is 0.336 e. The average Bonchev–Trinajstić information content (AvgIpc) is 3.18. The van der Waals surface area contributed by atoms with Gasteiger partial charge in [-0.2, -0.15) is 0 Å². The minimum Gasteiger partial charge on any atom is -0.463 e. The second-order valence-corrected chi connectivity index (χ2v) is 7.61. The molecule has 1 fully saturated rings. The zero-order valence-electron chi connectivity index (χ0n) is 18.4. The Labute approximate surface area is 185 Å². The van der Waals surface area contributed by atoms with Crippen molar-refractivity contribution in [1.82, 2.24) is 5.32 Å². The van der Waals surface area contributed by atoms with Crippen LogP contribution in [0.2, 0.25) is 0 Å². The molecule has 2 aliphatic heterocycles. The molecule has 0 bridgehead atoms. The van der Waals surface area contributed by atoms with Crippen molar-refractivity contribution in [3.63, 3.8) is 0 Å². The fourth-order valence-electron chi connectivity index (χ4n) is 3.81. The van der Waals surface area contributed by atoms with Crippen LogP contribution in [0.15, 0.2) is 46.8 Å².